The van der Waals surface area contributed by atoms with Crippen molar-refractivity contribution < 1.29 is 9.13 Å². The molecule has 82 valence electrons. The van der Waals surface area contributed by atoms with Crippen molar-refractivity contribution in [2.24, 2.45) is 0 Å². The van der Waals surface area contributed by atoms with Crippen molar-refractivity contribution in [2.45, 2.75) is 0 Å². The average molecular weight is 328 g/mol. The molecule has 0 heterocycles. The van der Waals surface area contributed by atoms with Gasteiger partial charge in [0, 0.05) is 3.57 Å². The topological polar surface area (TPSA) is 9.23 Å². The zero-order valence-corrected chi connectivity index (χ0v) is 10.9. The molecule has 0 aliphatic carbocycles. The Labute approximate surface area is 107 Å². The van der Waals surface area contributed by atoms with Crippen molar-refractivity contribution in [2.75, 3.05) is 7.11 Å². The highest BCUT2D eigenvalue weighted by molar-refractivity contribution is 14.1. The van der Waals surface area contributed by atoms with Gasteiger partial charge in [0.2, 0.25) is 0 Å². The van der Waals surface area contributed by atoms with E-state index in [1.807, 2.05) is 24.3 Å². The lowest BCUT2D eigenvalue weighted by Gasteiger charge is -2.06. The molecule has 2 aromatic carbocycles. The van der Waals surface area contributed by atoms with Crippen LogP contribution in [0.4, 0.5) is 4.39 Å². The number of hydrogen-bond acceptors (Lipinski definition) is 1. The van der Waals surface area contributed by atoms with Gasteiger partial charge in [0.25, 0.3) is 0 Å². The number of benzene rings is 2. The van der Waals surface area contributed by atoms with Gasteiger partial charge in [-0.15, -0.1) is 0 Å². The third-order valence-electron chi connectivity index (χ3n) is 2.31. The lowest BCUT2D eigenvalue weighted by atomic mass is 10.1. The minimum absolute atomic E-state index is 0.212. The van der Waals surface area contributed by atoms with Gasteiger partial charge in [-0.1, -0.05) is 18.2 Å². The van der Waals surface area contributed by atoms with E-state index in [0.29, 0.717) is 0 Å². The summed E-state index contributed by atoms with van der Waals surface area (Å²) in [4.78, 5) is 0. The Morgan fingerprint density at radius 3 is 2.62 bits per heavy atom. The molecule has 2 aromatic rings. The molecule has 16 heavy (non-hydrogen) atoms. The van der Waals surface area contributed by atoms with E-state index in [9.17, 15) is 4.39 Å². The zero-order chi connectivity index (χ0) is 11.5. The van der Waals surface area contributed by atoms with E-state index in [1.165, 1.54) is 12.1 Å². The van der Waals surface area contributed by atoms with Crippen LogP contribution in [0.25, 0.3) is 11.1 Å². The molecule has 0 radical (unpaired) electrons. The lowest BCUT2D eigenvalue weighted by Crippen LogP contribution is -1.87. The second kappa shape index (κ2) is 4.82. The molecule has 0 fully saturated rings. The highest BCUT2D eigenvalue weighted by atomic mass is 127. The third-order valence-corrected chi connectivity index (χ3v) is 3.20. The van der Waals surface area contributed by atoms with Crippen molar-refractivity contribution in [3.05, 3.63) is 51.9 Å². The molecular formula is C13H10FIO. The van der Waals surface area contributed by atoms with Crippen molar-refractivity contribution in [1.29, 1.82) is 0 Å². The average Bonchev–Trinajstić information content (AvgIpc) is 2.29. The van der Waals surface area contributed by atoms with E-state index < -0.39 is 0 Å². The zero-order valence-electron chi connectivity index (χ0n) is 8.71. The minimum atomic E-state index is -0.212. The Kier molecular flexibility index (Phi) is 3.43. The summed E-state index contributed by atoms with van der Waals surface area (Å²) in [5.41, 5.74) is 2.05. The van der Waals surface area contributed by atoms with Crippen LogP contribution in [0, 0.1) is 9.39 Å². The highest BCUT2D eigenvalue weighted by Gasteiger charge is 2.04. The van der Waals surface area contributed by atoms with Crippen LogP contribution >= 0.6 is 22.6 Å². The molecule has 0 atom stereocenters. The number of methoxy groups -OCH3 is 1. The van der Waals surface area contributed by atoms with Gasteiger partial charge in [0.15, 0.2) is 0 Å². The fraction of sp³-hybridized carbons (Fsp3) is 0.0769. The van der Waals surface area contributed by atoms with Crippen LogP contribution in [-0.4, -0.2) is 7.11 Å². The van der Waals surface area contributed by atoms with E-state index in [4.69, 9.17) is 4.74 Å². The molecule has 0 N–H and O–H groups in total. The Bertz CT molecular complexity index is 511. The summed E-state index contributed by atoms with van der Waals surface area (Å²) in [6.45, 7) is 0. The number of hydrogen-bond donors (Lipinski definition) is 0. The second-order valence-corrected chi connectivity index (χ2v) is 4.52. The van der Waals surface area contributed by atoms with Crippen LogP contribution in [0.3, 0.4) is 0 Å². The minimum Gasteiger partial charge on any atom is -0.497 e. The fourth-order valence-corrected chi connectivity index (χ4v) is 2.30. The Balaban J connectivity index is 2.49. The number of rotatable bonds is 2. The first-order valence-electron chi connectivity index (χ1n) is 4.80. The first-order valence-corrected chi connectivity index (χ1v) is 5.88. The van der Waals surface area contributed by atoms with Gasteiger partial charge in [-0.2, -0.15) is 0 Å². The van der Waals surface area contributed by atoms with Crippen molar-refractivity contribution in [3.63, 3.8) is 0 Å². The largest absolute Gasteiger partial charge is 0.497 e. The standard InChI is InChI=1S/C13H10FIO/c1-16-11-4-2-3-9(7-11)12-6-5-10(14)8-13(12)15/h2-8H,1H3. The molecule has 0 bridgehead atoms. The molecule has 1 nitrogen and oxygen atoms in total. The maximum atomic E-state index is 13.0. The Hall–Kier alpha value is -1.10. The molecule has 2 rings (SSSR count). The molecule has 0 saturated carbocycles. The third kappa shape index (κ3) is 2.35. The van der Waals surface area contributed by atoms with Gasteiger partial charge in [-0.05, 0) is 58.0 Å². The van der Waals surface area contributed by atoms with Gasteiger partial charge in [-0.3, -0.25) is 0 Å². The number of ether oxygens (including phenoxy) is 1. The Morgan fingerprint density at radius 2 is 1.94 bits per heavy atom. The van der Waals surface area contributed by atoms with Crippen LogP contribution < -0.4 is 4.74 Å². The first kappa shape index (κ1) is 11.4. The molecule has 0 aliphatic heterocycles. The molecule has 0 spiro atoms. The van der Waals surface area contributed by atoms with Gasteiger partial charge < -0.3 is 4.74 Å². The molecule has 3 heteroatoms. The summed E-state index contributed by atoms with van der Waals surface area (Å²) in [5.74, 6) is 0.591. The molecule has 0 aliphatic rings. The van der Waals surface area contributed by atoms with Crippen LogP contribution in [-0.2, 0) is 0 Å². The van der Waals surface area contributed by atoms with Crippen LogP contribution in [0.1, 0.15) is 0 Å². The summed E-state index contributed by atoms with van der Waals surface area (Å²) in [6.07, 6.45) is 0. The van der Waals surface area contributed by atoms with E-state index in [0.717, 1.165) is 20.4 Å². The van der Waals surface area contributed by atoms with Gasteiger partial charge >= 0.3 is 0 Å². The summed E-state index contributed by atoms with van der Waals surface area (Å²) in [5, 5.41) is 0. The molecule has 0 unspecified atom stereocenters. The van der Waals surface area contributed by atoms with E-state index in [1.54, 1.807) is 13.2 Å². The van der Waals surface area contributed by atoms with E-state index in [-0.39, 0.29) is 5.82 Å². The normalized spacial score (nSPS) is 10.2. The molecular weight excluding hydrogens is 318 g/mol. The van der Waals surface area contributed by atoms with E-state index in [2.05, 4.69) is 22.6 Å². The predicted molar refractivity (Wildman–Crippen MR) is 71.1 cm³/mol. The second-order valence-electron chi connectivity index (χ2n) is 3.36. The van der Waals surface area contributed by atoms with Crippen molar-refractivity contribution in [1.82, 2.24) is 0 Å². The van der Waals surface area contributed by atoms with Crippen LogP contribution in [0.5, 0.6) is 5.75 Å². The van der Waals surface area contributed by atoms with E-state index >= 15 is 0 Å². The Morgan fingerprint density at radius 1 is 1.12 bits per heavy atom. The van der Waals surface area contributed by atoms with Crippen LogP contribution in [0.15, 0.2) is 42.5 Å². The fourth-order valence-electron chi connectivity index (χ4n) is 1.51. The maximum absolute atomic E-state index is 13.0. The van der Waals surface area contributed by atoms with Gasteiger partial charge in [0.1, 0.15) is 11.6 Å². The summed E-state index contributed by atoms with van der Waals surface area (Å²) >= 11 is 2.13. The molecule has 0 saturated heterocycles. The monoisotopic (exact) mass is 328 g/mol. The van der Waals surface area contributed by atoms with Gasteiger partial charge in [-0.25, -0.2) is 4.39 Å². The summed E-state index contributed by atoms with van der Waals surface area (Å²) in [6, 6.07) is 12.5. The summed E-state index contributed by atoms with van der Waals surface area (Å²) < 4.78 is 19.0. The summed E-state index contributed by atoms with van der Waals surface area (Å²) in [7, 11) is 1.63. The SMILES string of the molecule is COc1cccc(-c2ccc(F)cc2I)c1. The molecule has 0 aromatic heterocycles. The van der Waals surface area contributed by atoms with Gasteiger partial charge in [0.05, 0.1) is 7.11 Å². The molecule has 0 amide bonds. The quantitative estimate of drug-likeness (QED) is 0.754. The van der Waals surface area contributed by atoms with Crippen LogP contribution in [0.2, 0.25) is 0 Å². The first-order chi connectivity index (χ1) is 7.70. The maximum Gasteiger partial charge on any atom is 0.124 e. The van der Waals surface area contributed by atoms with Crippen molar-refractivity contribution in [3.8, 4) is 16.9 Å². The lowest BCUT2D eigenvalue weighted by molar-refractivity contribution is 0.415. The number of halogens is 2. The smallest absolute Gasteiger partial charge is 0.124 e. The highest BCUT2D eigenvalue weighted by Crippen LogP contribution is 2.28. The van der Waals surface area contributed by atoms with Crippen molar-refractivity contribution >= 4 is 22.6 Å². The predicted octanol–water partition coefficient (Wildman–Crippen LogP) is 4.11.